The summed E-state index contributed by atoms with van der Waals surface area (Å²) in [6.07, 6.45) is 2.74. The highest BCUT2D eigenvalue weighted by atomic mass is 19.1. The summed E-state index contributed by atoms with van der Waals surface area (Å²) in [5, 5.41) is 2.38. The number of nitrogens with one attached hydrogen (secondary N) is 1. The summed E-state index contributed by atoms with van der Waals surface area (Å²) in [6.45, 7) is 0. The highest BCUT2D eigenvalue weighted by Gasteiger charge is 2.12. The van der Waals surface area contributed by atoms with E-state index in [0.717, 1.165) is 18.2 Å². The first-order valence-corrected chi connectivity index (χ1v) is 7.22. The van der Waals surface area contributed by atoms with Crippen LogP contribution >= 0.6 is 0 Å². The lowest BCUT2D eigenvalue weighted by molar-refractivity contribution is -0.111. The average Bonchev–Trinajstić information content (AvgIpc) is 2.57. The molecule has 0 aliphatic rings. The molecule has 0 aliphatic heterocycles. The zero-order valence-electron chi connectivity index (χ0n) is 13.9. The minimum atomic E-state index is -0.774. The molecule has 0 unspecified atom stereocenters. The van der Waals surface area contributed by atoms with Crippen molar-refractivity contribution in [2.75, 3.05) is 26.6 Å². The first kappa shape index (κ1) is 18.3. The zero-order valence-corrected chi connectivity index (χ0v) is 13.9. The van der Waals surface area contributed by atoms with Gasteiger partial charge in [0.1, 0.15) is 11.6 Å². The number of hydrogen-bond acceptors (Lipinski definition) is 4. The maximum Gasteiger partial charge on any atom is 0.248 e. The van der Waals surface area contributed by atoms with Gasteiger partial charge in [-0.3, -0.25) is 4.79 Å². The molecule has 0 saturated carbocycles. The molecular formula is C18H17F2NO4. The highest BCUT2D eigenvalue weighted by molar-refractivity contribution is 6.02. The van der Waals surface area contributed by atoms with Crippen molar-refractivity contribution in [3.63, 3.8) is 0 Å². The van der Waals surface area contributed by atoms with Crippen LogP contribution in [0.3, 0.4) is 0 Å². The molecule has 132 valence electrons. The van der Waals surface area contributed by atoms with Crippen molar-refractivity contribution in [2.45, 2.75) is 0 Å². The predicted octanol–water partition coefficient (Wildman–Crippen LogP) is 3.64. The number of carbonyl (C=O) groups is 1. The van der Waals surface area contributed by atoms with Crippen LogP contribution in [0.5, 0.6) is 17.2 Å². The third-order valence-electron chi connectivity index (χ3n) is 3.24. The normalized spacial score (nSPS) is 10.6. The van der Waals surface area contributed by atoms with E-state index in [1.165, 1.54) is 33.5 Å². The van der Waals surface area contributed by atoms with Gasteiger partial charge in [-0.1, -0.05) is 0 Å². The Hall–Kier alpha value is -3.09. The fourth-order valence-corrected chi connectivity index (χ4v) is 2.18. The van der Waals surface area contributed by atoms with E-state index >= 15 is 0 Å². The molecule has 2 aromatic rings. The maximum atomic E-state index is 13.1. The van der Waals surface area contributed by atoms with Crippen molar-refractivity contribution >= 4 is 17.7 Å². The van der Waals surface area contributed by atoms with Crippen molar-refractivity contribution in [3.8, 4) is 17.2 Å². The minimum Gasteiger partial charge on any atom is -0.493 e. The number of carbonyl (C=O) groups excluding carboxylic acids is 1. The van der Waals surface area contributed by atoms with Gasteiger partial charge in [0.25, 0.3) is 0 Å². The Morgan fingerprint density at radius 3 is 1.96 bits per heavy atom. The second-order valence-electron chi connectivity index (χ2n) is 4.94. The van der Waals surface area contributed by atoms with Crippen molar-refractivity contribution in [1.29, 1.82) is 0 Å². The van der Waals surface area contributed by atoms with Crippen LogP contribution in [-0.4, -0.2) is 27.2 Å². The number of hydrogen-bond donors (Lipinski definition) is 1. The van der Waals surface area contributed by atoms with Gasteiger partial charge in [0.05, 0.1) is 21.3 Å². The Bertz CT molecular complexity index is 760. The SMILES string of the molecule is COc1cc(/C=C/C(=O)Nc2cc(F)cc(F)c2)cc(OC)c1OC. The van der Waals surface area contributed by atoms with E-state index in [-0.39, 0.29) is 5.69 Å². The van der Waals surface area contributed by atoms with Crippen molar-refractivity contribution < 1.29 is 27.8 Å². The third kappa shape index (κ3) is 4.69. The summed E-state index contributed by atoms with van der Waals surface area (Å²) >= 11 is 0. The van der Waals surface area contributed by atoms with Crippen LogP contribution in [0, 0.1) is 11.6 Å². The summed E-state index contributed by atoms with van der Waals surface area (Å²) < 4.78 is 41.9. The summed E-state index contributed by atoms with van der Waals surface area (Å²) in [5.41, 5.74) is 0.645. The van der Waals surface area contributed by atoms with Crippen LogP contribution < -0.4 is 19.5 Å². The van der Waals surface area contributed by atoms with Crippen LogP contribution in [0.4, 0.5) is 14.5 Å². The van der Waals surface area contributed by atoms with E-state index in [1.54, 1.807) is 12.1 Å². The fourth-order valence-electron chi connectivity index (χ4n) is 2.18. The number of ether oxygens (including phenoxy) is 3. The van der Waals surface area contributed by atoms with E-state index in [9.17, 15) is 13.6 Å². The quantitative estimate of drug-likeness (QED) is 0.809. The van der Waals surface area contributed by atoms with Gasteiger partial charge in [-0.2, -0.15) is 0 Å². The molecule has 0 spiro atoms. The minimum absolute atomic E-state index is 0.0250. The molecule has 0 atom stereocenters. The standard InChI is InChI=1S/C18H17F2NO4/c1-23-15-6-11(7-16(24-2)18(15)25-3)4-5-17(22)21-14-9-12(19)8-13(20)10-14/h4-10H,1-3H3,(H,21,22)/b5-4+. The molecule has 1 amide bonds. The molecule has 0 bridgehead atoms. The summed E-state index contributed by atoms with van der Waals surface area (Å²) in [7, 11) is 4.45. The van der Waals surface area contributed by atoms with Crippen LogP contribution in [-0.2, 0) is 4.79 Å². The Morgan fingerprint density at radius 2 is 1.48 bits per heavy atom. The molecule has 1 N–H and O–H groups in total. The lowest BCUT2D eigenvalue weighted by Crippen LogP contribution is -2.08. The van der Waals surface area contributed by atoms with E-state index in [4.69, 9.17) is 14.2 Å². The number of anilines is 1. The van der Waals surface area contributed by atoms with Gasteiger partial charge in [-0.05, 0) is 35.9 Å². The van der Waals surface area contributed by atoms with Crippen LogP contribution in [0.1, 0.15) is 5.56 Å². The smallest absolute Gasteiger partial charge is 0.248 e. The molecule has 0 aromatic heterocycles. The number of halogens is 2. The van der Waals surface area contributed by atoms with E-state index in [2.05, 4.69) is 5.32 Å². The topological polar surface area (TPSA) is 56.8 Å². The number of amides is 1. The lowest BCUT2D eigenvalue weighted by atomic mass is 10.1. The van der Waals surface area contributed by atoms with Crippen molar-refractivity contribution in [1.82, 2.24) is 0 Å². The van der Waals surface area contributed by atoms with Gasteiger partial charge in [-0.15, -0.1) is 0 Å². The van der Waals surface area contributed by atoms with Gasteiger partial charge in [0.2, 0.25) is 11.7 Å². The number of rotatable bonds is 6. The predicted molar refractivity (Wildman–Crippen MR) is 90.1 cm³/mol. The van der Waals surface area contributed by atoms with Gasteiger partial charge in [0, 0.05) is 17.8 Å². The van der Waals surface area contributed by atoms with E-state index in [1.807, 2.05) is 0 Å². The van der Waals surface area contributed by atoms with Crippen molar-refractivity contribution in [2.24, 2.45) is 0 Å². The number of benzene rings is 2. The molecule has 2 rings (SSSR count). The Balaban J connectivity index is 2.19. The van der Waals surface area contributed by atoms with Gasteiger partial charge in [-0.25, -0.2) is 8.78 Å². The Kier molecular flexibility index (Phi) is 5.94. The molecule has 0 saturated heterocycles. The monoisotopic (exact) mass is 349 g/mol. The molecule has 7 heteroatoms. The maximum absolute atomic E-state index is 13.1. The molecule has 5 nitrogen and oxygen atoms in total. The van der Waals surface area contributed by atoms with Crippen molar-refractivity contribution in [3.05, 3.63) is 53.6 Å². The second kappa shape index (κ2) is 8.14. The third-order valence-corrected chi connectivity index (χ3v) is 3.24. The first-order chi connectivity index (χ1) is 12.0. The second-order valence-corrected chi connectivity index (χ2v) is 4.94. The molecule has 25 heavy (non-hydrogen) atoms. The largest absolute Gasteiger partial charge is 0.493 e. The molecular weight excluding hydrogens is 332 g/mol. The Labute approximate surface area is 143 Å². The van der Waals surface area contributed by atoms with Gasteiger partial charge >= 0.3 is 0 Å². The number of methoxy groups -OCH3 is 3. The van der Waals surface area contributed by atoms with Gasteiger partial charge in [0.15, 0.2) is 11.5 Å². The summed E-state index contributed by atoms with van der Waals surface area (Å²) in [5.74, 6) is -0.781. The molecule has 0 fully saturated rings. The zero-order chi connectivity index (χ0) is 18.4. The fraction of sp³-hybridized carbons (Fsp3) is 0.167. The first-order valence-electron chi connectivity index (χ1n) is 7.22. The summed E-state index contributed by atoms with van der Waals surface area (Å²) in [4.78, 5) is 11.9. The highest BCUT2D eigenvalue weighted by Crippen LogP contribution is 2.38. The molecule has 0 radical (unpaired) electrons. The Morgan fingerprint density at radius 1 is 0.920 bits per heavy atom. The summed E-state index contributed by atoms with van der Waals surface area (Å²) in [6, 6.07) is 6.09. The van der Waals surface area contributed by atoms with Crippen LogP contribution in [0.2, 0.25) is 0 Å². The molecule has 0 aliphatic carbocycles. The van der Waals surface area contributed by atoms with E-state index in [0.29, 0.717) is 22.8 Å². The molecule has 2 aromatic carbocycles. The van der Waals surface area contributed by atoms with Crippen LogP contribution in [0.15, 0.2) is 36.4 Å². The van der Waals surface area contributed by atoms with E-state index < -0.39 is 17.5 Å². The van der Waals surface area contributed by atoms with Crippen LogP contribution in [0.25, 0.3) is 6.08 Å². The lowest BCUT2D eigenvalue weighted by Gasteiger charge is -2.12. The van der Waals surface area contributed by atoms with Gasteiger partial charge < -0.3 is 19.5 Å². The average molecular weight is 349 g/mol. The molecule has 0 heterocycles.